The third-order valence-corrected chi connectivity index (χ3v) is 3.43. The van der Waals surface area contributed by atoms with E-state index in [9.17, 15) is 4.39 Å². The minimum atomic E-state index is -0.295. The Hall–Kier alpha value is -1.46. The van der Waals surface area contributed by atoms with Crippen molar-refractivity contribution in [1.29, 1.82) is 0 Å². The van der Waals surface area contributed by atoms with E-state index >= 15 is 0 Å². The van der Waals surface area contributed by atoms with Gasteiger partial charge in [0.25, 0.3) is 0 Å². The number of thiazole rings is 1. The number of methoxy groups -OCH3 is 1. The zero-order valence-corrected chi connectivity index (χ0v) is 10.3. The molecule has 0 unspecified atom stereocenters. The summed E-state index contributed by atoms with van der Waals surface area (Å²) in [5.74, 6) is 0.330. The maximum Gasteiger partial charge on any atom is 0.129 e. The topological polar surface area (TPSA) is 48.1 Å². The molecule has 2 aromatic rings. The first kappa shape index (κ1) is 12.0. The van der Waals surface area contributed by atoms with E-state index in [0.717, 1.165) is 16.3 Å². The summed E-state index contributed by atoms with van der Waals surface area (Å²) in [5, 5.41) is 0.754. The van der Waals surface area contributed by atoms with Crippen LogP contribution in [0, 0.1) is 5.82 Å². The lowest BCUT2D eigenvalue weighted by Gasteiger charge is -2.05. The van der Waals surface area contributed by atoms with Gasteiger partial charge in [0.2, 0.25) is 0 Å². The van der Waals surface area contributed by atoms with E-state index in [1.165, 1.54) is 23.5 Å². The Labute approximate surface area is 103 Å². The molecule has 0 aliphatic rings. The highest BCUT2D eigenvalue weighted by molar-refractivity contribution is 7.15. The molecule has 0 aliphatic heterocycles. The summed E-state index contributed by atoms with van der Waals surface area (Å²) in [4.78, 5) is 5.36. The van der Waals surface area contributed by atoms with Gasteiger partial charge in [0.1, 0.15) is 16.6 Å². The van der Waals surface area contributed by atoms with Gasteiger partial charge < -0.3 is 10.5 Å². The first-order chi connectivity index (χ1) is 8.24. The van der Waals surface area contributed by atoms with Gasteiger partial charge in [-0.3, -0.25) is 0 Å². The second-order valence-electron chi connectivity index (χ2n) is 3.52. The Kier molecular flexibility index (Phi) is 3.71. The number of nitrogens with two attached hydrogens (primary N) is 1. The molecule has 90 valence electrons. The molecule has 0 radical (unpaired) electrons. The standard InChI is InChI=1S/C12H13FN2OS/c1-16-11-3-2-8(13)6-10(11)12-15-7-9(17-12)4-5-14/h2-3,6-7H,4-5,14H2,1H3. The number of halogens is 1. The SMILES string of the molecule is COc1ccc(F)cc1-c1ncc(CCN)s1. The van der Waals surface area contributed by atoms with Crippen LogP contribution in [0.2, 0.25) is 0 Å². The smallest absolute Gasteiger partial charge is 0.129 e. The van der Waals surface area contributed by atoms with E-state index in [2.05, 4.69) is 4.98 Å². The highest BCUT2D eigenvalue weighted by Gasteiger charge is 2.11. The van der Waals surface area contributed by atoms with Crippen LogP contribution in [0.4, 0.5) is 4.39 Å². The summed E-state index contributed by atoms with van der Waals surface area (Å²) in [5.41, 5.74) is 6.16. The fourth-order valence-corrected chi connectivity index (χ4v) is 2.49. The van der Waals surface area contributed by atoms with Crippen LogP contribution < -0.4 is 10.5 Å². The molecule has 1 aromatic heterocycles. The van der Waals surface area contributed by atoms with E-state index in [1.54, 1.807) is 19.4 Å². The molecule has 2 N–H and O–H groups in total. The molecule has 5 heteroatoms. The largest absolute Gasteiger partial charge is 0.496 e. The van der Waals surface area contributed by atoms with E-state index in [1.807, 2.05) is 0 Å². The van der Waals surface area contributed by atoms with Crippen molar-refractivity contribution in [3.8, 4) is 16.3 Å². The van der Waals surface area contributed by atoms with Gasteiger partial charge in [-0.25, -0.2) is 9.37 Å². The van der Waals surface area contributed by atoms with Gasteiger partial charge >= 0.3 is 0 Å². The van der Waals surface area contributed by atoms with Crippen molar-refractivity contribution in [2.75, 3.05) is 13.7 Å². The maximum absolute atomic E-state index is 13.2. The Morgan fingerprint density at radius 2 is 2.29 bits per heavy atom. The number of rotatable bonds is 4. The first-order valence-electron chi connectivity index (χ1n) is 5.23. The summed E-state index contributed by atoms with van der Waals surface area (Å²) < 4.78 is 18.4. The summed E-state index contributed by atoms with van der Waals surface area (Å²) in [6, 6.07) is 4.41. The zero-order chi connectivity index (χ0) is 12.3. The third kappa shape index (κ3) is 2.62. The molecule has 3 nitrogen and oxygen atoms in total. The van der Waals surface area contributed by atoms with E-state index in [4.69, 9.17) is 10.5 Å². The lowest BCUT2D eigenvalue weighted by atomic mass is 10.2. The van der Waals surface area contributed by atoms with Crippen LogP contribution in [0.5, 0.6) is 5.75 Å². The minimum Gasteiger partial charge on any atom is -0.496 e. The Balaban J connectivity index is 2.40. The van der Waals surface area contributed by atoms with Gasteiger partial charge in [0, 0.05) is 11.1 Å². The fourth-order valence-electron chi connectivity index (χ4n) is 1.54. The third-order valence-electron chi connectivity index (χ3n) is 2.34. The second kappa shape index (κ2) is 5.25. The number of nitrogens with zero attached hydrogens (tertiary/aromatic N) is 1. The summed E-state index contributed by atoms with van der Waals surface area (Å²) in [6.45, 7) is 0.585. The average Bonchev–Trinajstić information content (AvgIpc) is 2.78. The van der Waals surface area contributed by atoms with Crippen molar-refractivity contribution in [1.82, 2.24) is 4.98 Å². The predicted octanol–water partition coefficient (Wildman–Crippen LogP) is 2.46. The molecular weight excluding hydrogens is 239 g/mol. The van der Waals surface area contributed by atoms with Crippen LogP contribution in [-0.4, -0.2) is 18.6 Å². The molecule has 0 spiro atoms. The molecule has 1 aromatic carbocycles. The average molecular weight is 252 g/mol. The van der Waals surface area contributed by atoms with Crippen LogP contribution in [0.1, 0.15) is 4.88 Å². The molecule has 0 saturated carbocycles. The van der Waals surface area contributed by atoms with Crippen molar-refractivity contribution in [3.63, 3.8) is 0 Å². The van der Waals surface area contributed by atoms with Crippen molar-refractivity contribution in [2.24, 2.45) is 5.73 Å². The van der Waals surface area contributed by atoms with Crippen molar-refractivity contribution in [3.05, 3.63) is 35.1 Å². The Morgan fingerprint density at radius 3 is 3.00 bits per heavy atom. The maximum atomic E-state index is 13.2. The first-order valence-corrected chi connectivity index (χ1v) is 6.05. The number of ether oxygens (including phenoxy) is 1. The normalized spacial score (nSPS) is 10.5. The minimum absolute atomic E-state index is 0.295. The van der Waals surface area contributed by atoms with Gasteiger partial charge in [-0.1, -0.05) is 0 Å². The number of benzene rings is 1. The molecule has 0 atom stereocenters. The predicted molar refractivity (Wildman–Crippen MR) is 66.8 cm³/mol. The Morgan fingerprint density at radius 1 is 1.47 bits per heavy atom. The van der Waals surface area contributed by atoms with Crippen LogP contribution in [0.15, 0.2) is 24.4 Å². The quantitative estimate of drug-likeness (QED) is 0.909. The van der Waals surface area contributed by atoms with Crippen LogP contribution in [0.25, 0.3) is 10.6 Å². The van der Waals surface area contributed by atoms with Crippen LogP contribution in [-0.2, 0) is 6.42 Å². The summed E-state index contributed by atoms with van der Waals surface area (Å²) in [7, 11) is 1.56. The molecule has 0 aliphatic carbocycles. The second-order valence-corrected chi connectivity index (χ2v) is 4.63. The molecule has 0 amide bonds. The summed E-state index contributed by atoms with van der Waals surface area (Å²) in [6.07, 6.45) is 2.56. The van der Waals surface area contributed by atoms with E-state index in [-0.39, 0.29) is 5.82 Å². The molecule has 1 heterocycles. The van der Waals surface area contributed by atoms with Gasteiger partial charge in [-0.15, -0.1) is 11.3 Å². The molecule has 0 fully saturated rings. The summed E-state index contributed by atoms with van der Waals surface area (Å²) >= 11 is 1.51. The van der Waals surface area contributed by atoms with Crippen molar-refractivity contribution < 1.29 is 9.13 Å². The van der Waals surface area contributed by atoms with Crippen LogP contribution in [0.3, 0.4) is 0 Å². The Bertz CT molecular complexity index is 513. The molecule has 2 rings (SSSR count). The lowest BCUT2D eigenvalue weighted by molar-refractivity contribution is 0.415. The lowest BCUT2D eigenvalue weighted by Crippen LogP contribution is -2.00. The molecular formula is C12H13FN2OS. The fraction of sp³-hybridized carbons (Fsp3) is 0.250. The monoisotopic (exact) mass is 252 g/mol. The van der Waals surface area contributed by atoms with Gasteiger partial charge in [0.15, 0.2) is 0 Å². The molecule has 17 heavy (non-hydrogen) atoms. The van der Waals surface area contributed by atoms with E-state index < -0.39 is 0 Å². The molecule has 0 bridgehead atoms. The van der Waals surface area contributed by atoms with Gasteiger partial charge in [0.05, 0.1) is 12.7 Å². The van der Waals surface area contributed by atoms with Crippen molar-refractivity contribution >= 4 is 11.3 Å². The zero-order valence-electron chi connectivity index (χ0n) is 9.44. The van der Waals surface area contributed by atoms with Gasteiger partial charge in [-0.2, -0.15) is 0 Å². The number of hydrogen-bond acceptors (Lipinski definition) is 4. The van der Waals surface area contributed by atoms with Gasteiger partial charge in [-0.05, 0) is 31.2 Å². The van der Waals surface area contributed by atoms with E-state index in [0.29, 0.717) is 17.9 Å². The number of aromatic nitrogens is 1. The highest BCUT2D eigenvalue weighted by atomic mass is 32.1. The van der Waals surface area contributed by atoms with Crippen LogP contribution >= 0.6 is 11.3 Å². The highest BCUT2D eigenvalue weighted by Crippen LogP contribution is 2.33. The molecule has 0 saturated heterocycles. The van der Waals surface area contributed by atoms with Crippen molar-refractivity contribution in [2.45, 2.75) is 6.42 Å². The number of hydrogen-bond donors (Lipinski definition) is 1.